The summed E-state index contributed by atoms with van der Waals surface area (Å²) in [7, 11) is 0. The Hall–Kier alpha value is -1.60. The van der Waals surface area contributed by atoms with Gasteiger partial charge in [-0.2, -0.15) is 5.10 Å². The summed E-state index contributed by atoms with van der Waals surface area (Å²) < 4.78 is 2.88. The highest BCUT2D eigenvalue weighted by atomic mass is 79.9. The summed E-state index contributed by atoms with van der Waals surface area (Å²) in [6.45, 7) is 0.676. The van der Waals surface area contributed by atoms with E-state index in [1.54, 1.807) is 24.4 Å². The standard InChI is InChI=1S/C17H13BrCl2N4S/c18-12-3-1-11(2-4-12)9-24-10-14(8-21-24)22-17(25)23-16-7-13(19)5-6-15(16)20/h1-8,10H,9H2,(H2,22,23,25). The Kier molecular flexibility index (Phi) is 5.96. The first-order valence-electron chi connectivity index (χ1n) is 7.29. The van der Waals surface area contributed by atoms with Crippen LogP contribution in [0, 0.1) is 0 Å². The molecule has 2 aromatic carbocycles. The first-order valence-corrected chi connectivity index (χ1v) is 9.25. The van der Waals surface area contributed by atoms with Crippen LogP contribution in [-0.2, 0) is 6.54 Å². The maximum Gasteiger partial charge on any atom is 0.175 e. The Labute approximate surface area is 169 Å². The number of thiocarbonyl (C=S) groups is 1. The van der Waals surface area contributed by atoms with E-state index >= 15 is 0 Å². The lowest BCUT2D eigenvalue weighted by atomic mass is 10.2. The lowest BCUT2D eigenvalue weighted by molar-refractivity contribution is 0.687. The lowest BCUT2D eigenvalue weighted by Crippen LogP contribution is -2.19. The zero-order valence-corrected chi connectivity index (χ0v) is 16.8. The second-order valence-corrected chi connectivity index (χ2v) is 7.42. The molecule has 0 radical (unpaired) electrons. The van der Waals surface area contributed by atoms with Crippen LogP contribution in [0.3, 0.4) is 0 Å². The van der Waals surface area contributed by atoms with Crippen molar-refractivity contribution in [1.82, 2.24) is 9.78 Å². The molecular weight excluding hydrogens is 443 g/mol. The van der Waals surface area contributed by atoms with Gasteiger partial charge in [-0.1, -0.05) is 51.3 Å². The van der Waals surface area contributed by atoms with E-state index in [2.05, 4.69) is 31.7 Å². The Morgan fingerprint density at radius 3 is 2.64 bits per heavy atom. The van der Waals surface area contributed by atoms with Crippen molar-refractivity contribution in [2.24, 2.45) is 0 Å². The molecule has 0 unspecified atom stereocenters. The van der Waals surface area contributed by atoms with Gasteiger partial charge in [0.15, 0.2) is 5.11 Å². The largest absolute Gasteiger partial charge is 0.331 e. The van der Waals surface area contributed by atoms with Gasteiger partial charge in [-0.05, 0) is 48.1 Å². The van der Waals surface area contributed by atoms with Gasteiger partial charge in [0, 0.05) is 15.7 Å². The van der Waals surface area contributed by atoms with Crippen LogP contribution in [0.1, 0.15) is 5.56 Å². The fourth-order valence-electron chi connectivity index (χ4n) is 2.17. The van der Waals surface area contributed by atoms with E-state index in [4.69, 9.17) is 35.4 Å². The van der Waals surface area contributed by atoms with E-state index in [9.17, 15) is 0 Å². The van der Waals surface area contributed by atoms with Crippen molar-refractivity contribution >= 4 is 67.8 Å². The van der Waals surface area contributed by atoms with Gasteiger partial charge in [0.2, 0.25) is 0 Å². The number of anilines is 2. The van der Waals surface area contributed by atoms with Gasteiger partial charge in [0.1, 0.15) is 0 Å². The van der Waals surface area contributed by atoms with E-state index in [1.165, 1.54) is 0 Å². The van der Waals surface area contributed by atoms with E-state index in [0.29, 0.717) is 27.4 Å². The maximum absolute atomic E-state index is 6.12. The summed E-state index contributed by atoms with van der Waals surface area (Å²) in [6, 6.07) is 13.3. The third kappa shape index (κ3) is 5.19. The first-order chi connectivity index (χ1) is 12.0. The van der Waals surface area contributed by atoms with Gasteiger partial charge < -0.3 is 10.6 Å². The Bertz CT molecular complexity index is 896. The number of halogens is 3. The fourth-order valence-corrected chi connectivity index (χ4v) is 3.00. The second kappa shape index (κ2) is 8.19. The smallest absolute Gasteiger partial charge is 0.175 e. The van der Waals surface area contributed by atoms with Crippen molar-refractivity contribution in [2.75, 3.05) is 10.6 Å². The second-order valence-electron chi connectivity index (χ2n) is 5.26. The van der Waals surface area contributed by atoms with Gasteiger partial charge >= 0.3 is 0 Å². The fraction of sp³-hybridized carbons (Fsp3) is 0.0588. The van der Waals surface area contributed by atoms with E-state index in [-0.39, 0.29) is 0 Å². The predicted molar refractivity (Wildman–Crippen MR) is 112 cm³/mol. The highest BCUT2D eigenvalue weighted by Gasteiger charge is 2.06. The average Bonchev–Trinajstić information content (AvgIpc) is 3.00. The number of hydrogen-bond acceptors (Lipinski definition) is 2. The highest BCUT2D eigenvalue weighted by Crippen LogP contribution is 2.25. The summed E-state index contributed by atoms with van der Waals surface area (Å²) in [5.41, 5.74) is 2.59. The van der Waals surface area contributed by atoms with E-state index in [0.717, 1.165) is 15.7 Å². The molecule has 0 saturated carbocycles. The molecule has 3 rings (SSSR count). The van der Waals surface area contributed by atoms with Crippen LogP contribution < -0.4 is 10.6 Å². The van der Waals surface area contributed by atoms with Gasteiger partial charge in [-0.15, -0.1) is 0 Å². The van der Waals surface area contributed by atoms with Crippen molar-refractivity contribution < 1.29 is 0 Å². The number of hydrogen-bond donors (Lipinski definition) is 2. The minimum atomic E-state index is 0.410. The summed E-state index contributed by atoms with van der Waals surface area (Å²) in [4.78, 5) is 0. The van der Waals surface area contributed by atoms with Crippen LogP contribution >= 0.6 is 51.3 Å². The number of rotatable bonds is 4. The predicted octanol–water partition coefficient (Wildman–Crippen LogP) is 5.81. The molecule has 2 N–H and O–H groups in total. The van der Waals surface area contributed by atoms with Crippen LogP contribution in [0.2, 0.25) is 10.0 Å². The Balaban J connectivity index is 1.61. The molecule has 0 spiro atoms. The molecule has 25 heavy (non-hydrogen) atoms. The van der Waals surface area contributed by atoms with Crippen LogP contribution in [0.4, 0.5) is 11.4 Å². The Morgan fingerprint density at radius 1 is 1.12 bits per heavy atom. The normalized spacial score (nSPS) is 10.5. The third-order valence-corrected chi connectivity index (χ3v) is 4.62. The quantitative estimate of drug-likeness (QED) is 0.487. The summed E-state index contributed by atoms with van der Waals surface area (Å²) >= 11 is 20.8. The van der Waals surface area contributed by atoms with Crippen LogP contribution in [0.25, 0.3) is 0 Å². The molecule has 0 amide bonds. The molecule has 1 heterocycles. The van der Waals surface area contributed by atoms with Gasteiger partial charge in [0.25, 0.3) is 0 Å². The molecule has 0 fully saturated rings. The van der Waals surface area contributed by atoms with E-state index < -0.39 is 0 Å². The first kappa shape index (κ1) is 18.2. The zero-order chi connectivity index (χ0) is 17.8. The van der Waals surface area contributed by atoms with Gasteiger partial charge in [0.05, 0.1) is 29.1 Å². The topological polar surface area (TPSA) is 41.9 Å². The lowest BCUT2D eigenvalue weighted by Gasteiger charge is -2.10. The van der Waals surface area contributed by atoms with Crippen molar-refractivity contribution in [3.05, 3.63) is 74.9 Å². The van der Waals surface area contributed by atoms with Crippen molar-refractivity contribution in [3.63, 3.8) is 0 Å². The van der Waals surface area contributed by atoms with Crippen LogP contribution in [0.15, 0.2) is 59.3 Å². The third-order valence-electron chi connectivity index (χ3n) is 3.33. The SMILES string of the molecule is S=C(Nc1cnn(Cc2ccc(Br)cc2)c1)Nc1cc(Cl)ccc1Cl. The molecule has 0 atom stereocenters. The number of nitrogens with zero attached hydrogens (tertiary/aromatic N) is 2. The highest BCUT2D eigenvalue weighted by molar-refractivity contribution is 9.10. The van der Waals surface area contributed by atoms with Crippen LogP contribution in [0.5, 0.6) is 0 Å². The van der Waals surface area contributed by atoms with Crippen LogP contribution in [-0.4, -0.2) is 14.9 Å². The van der Waals surface area contributed by atoms with Gasteiger partial charge in [-0.25, -0.2) is 0 Å². The molecule has 0 aliphatic carbocycles. The molecule has 0 bridgehead atoms. The number of benzene rings is 2. The molecule has 4 nitrogen and oxygen atoms in total. The summed E-state index contributed by atoms with van der Waals surface area (Å²) in [6.07, 6.45) is 3.60. The minimum Gasteiger partial charge on any atom is -0.331 e. The average molecular weight is 456 g/mol. The molecule has 0 aliphatic heterocycles. The van der Waals surface area contributed by atoms with Crippen molar-refractivity contribution in [2.45, 2.75) is 6.54 Å². The molecule has 8 heteroatoms. The number of aromatic nitrogens is 2. The monoisotopic (exact) mass is 454 g/mol. The summed E-state index contributed by atoms with van der Waals surface area (Å²) in [5.74, 6) is 0. The maximum atomic E-state index is 6.12. The molecule has 1 aromatic heterocycles. The minimum absolute atomic E-state index is 0.410. The van der Waals surface area contributed by atoms with Crippen molar-refractivity contribution in [3.8, 4) is 0 Å². The molecule has 0 aliphatic rings. The van der Waals surface area contributed by atoms with Gasteiger partial charge in [-0.3, -0.25) is 4.68 Å². The molecule has 0 saturated heterocycles. The molecular formula is C17H13BrCl2N4S. The molecule has 3 aromatic rings. The van der Waals surface area contributed by atoms with Crippen molar-refractivity contribution in [1.29, 1.82) is 0 Å². The zero-order valence-electron chi connectivity index (χ0n) is 12.8. The Morgan fingerprint density at radius 2 is 1.88 bits per heavy atom. The molecule has 128 valence electrons. The summed E-state index contributed by atoms with van der Waals surface area (Å²) in [5, 5.41) is 12.0. The van der Waals surface area contributed by atoms with E-state index in [1.807, 2.05) is 35.1 Å². The number of nitrogens with one attached hydrogen (secondary N) is 2.